The lowest BCUT2D eigenvalue weighted by Gasteiger charge is -2.33. The Morgan fingerprint density at radius 2 is 1.96 bits per heavy atom. The molecule has 0 saturated heterocycles. The van der Waals surface area contributed by atoms with Crippen molar-refractivity contribution in [3.05, 3.63) is 41.3 Å². The zero-order valence-electron chi connectivity index (χ0n) is 14.1. The number of rotatable bonds is 4. The fourth-order valence-corrected chi connectivity index (χ4v) is 3.51. The average molecular weight is 344 g/mol. The van der Waals surface area contributed by atoms with Crippen molar-refractivity contribution < 1.29 is 19.1 Å². The zero-order chi connectivity index (χ0) is 18.0. The van der Waals surface area contributed by atoms with Crippen LogP contribution in [0.25, 0.3) is 10.9 Å². The van der Waals surface area contributed by atoms with Crippen molar-refractivity contribution in [1.82, 2.24) is 10.3 Å². The van der Waals surface area contributed by atoms with E-state index in [1.54, 1.807) is 19.1 Å². The van der Waals surface area contributed by atoms with Crippen LogP contribution in [0, 0.1) is 18.2 Å². The van der Waals surface area contributed by atoms with E-state index in [-0.39, 0.29) is 18.3 Å². The van der Waals surface area contributed by atoms with E-state index < -0.39 is 11.4 Å². The molecule has 25 heavy (non-hydrogen) atoms. The molecule has 0 spiro atoms. The highest BCUT2D eigenvalue weighted by Gasteiger charge is 2.39. The number of hydrogen-bond acceptors (Lipinski definition) is 3. The molecule has 132 valence electrons. The summed E-state index contributed by atoms with van der Waals surface area (Å²) in [6.07, 6.45) is 3.93. The second-order valence-corrected chi connectivity index (χ2v) is 6.79. The van der Waals surface area contributed by atoms with Crippen molar-refractivity contribution in [1.29, 1.82) is 0 Å². The number of hydrogen-bond donors (Lipinski definition) is 2. The first kappa shape index (κ1) is 17.3. The van der Waals surface area contributed by atoms with Gasteiger partial charge in [0.25, 0.3) is 5.91 Å². The van der Waals surface area contributed by atoms with Gasteiger partial charge in [-0.3, -0.25) is 14.6 Å². The van der Waals surface area contributed by atoms with Gasteiger partial charge in [0.1, 0.15) is 5.82 Å². The highest BCUT2D eigenvalue weighted by molar-refractivity contribution is 5.98. The van der Waals surface area contributed by atoms with Gasteiger partial charge in [0.05, 0.1) is 22.2 Å². The van der Waals surface area contributed by atoms with E-state index in [0.717, 1.165) is 19.3 Å². The van der Waals surface area contributed by atoms with Gasteiger partial charge >= 0.3 is 5.97 Å². The van der Waals surface area contributed by atoms with E-state index >= 15 is 0 Å². The minimum absolute atomic E-state index is 0.113. The van der Waals surface area contributed by atoms with Crippen LogP contribution < -0.4 is 5.32 Å². The summed E-state index contributed by atoms with van der Waals surface area (Å²) in [6.45, 7) is 1.80. The van der Waals surface area contributed by atoms with Gasteiger partial charge in [-0.1, -0.05) is 19.3 Å². The average Bonchev–Trinajstić information content (AvgIpc) is 2.59. The molecule has 2 N–H and O–H groups in total. The topological polar surface area (TPSA) is 79.3 Å². The third-order valence-corrected chi connectivity index (χ3v) is 5.07. The van der Waals surface area contributed by atoms with Crippen molar-refractivity contribution in [3.63, 3.8) is 0 Å². The van der Waals surface area contributed by atoms with Crippen LogP contribution in [0.2, 0.25) is 0 Å². The molecule has 0 bridgehead atoms. The number of pyridine rings is 1. The molecule has 0 aliphatic heterocycles. The standard InChI is InChI=1S/C19H21FN2O3/c1-12-15(9-13-5-6-14(20)10-16(13)22-12)17(23)21-11-19(18(24)25)7-3-2-4-8-19/h5-6,9-10H,2-4,7-8,11H2,1H3,(H,21,23)(H,24,25). The first-order valence-electron chi connectivity index (χ1n) is 8.50. The number of nitrogens with zero attached hydrogens (tertiary/aromatic N) is 1. The molecule has 0 atom stereocenters. The molecule has 1 aromatic heterocycles. The van der Waals surface area contributed by atoms with Gasteiger partial charge in [-0.15, -0.1) is 0 Å². The van der Waals surface area contributed by atoms with Gasteiger partial charge in [0.2, 0.25) is 0 Å². The number of carbonyl (C=O) groups is 2. The Morgan fingerprint density at radius 3 is 2.64 bits per heavy atom. The first-order chi connectivity index (χ1) is 11.9. The zero-order valence-corrected chi connectivity index (χ0v) is 14.1. The molecule has 5 nitrogen and oxygen atoms in total. The van der Waals surface area contributed by atoms with Crippen LogP contribution in [0.4, 0.5) is 4.39 Å². The van der Waals surface area contributed by atoms with E-state index in [4.69, 9.17) is 0 Å². The second kappa shape index (κ2) is 6.78. The minimum atomic E-state index is -0.880. The van der Waals surface area contributed by atoms with Crippen LogP contribution in [-0.2, 0) is 4.79 Å². The number of benzene rings is 1. The fourth-order valence-electron chi connectivity index (χ4n) is 3.51. The van der Waals surface area contributed by atoms with Gasteiger partial charge < -0.3 is 10.4 Å². The summed E-state index contributed by atoms with van der Waals surface area (Å²) < 4.78 is 13.3. The monoisotopic (exact) mass is 344 g/mol. The number of carboxylic acid groups (broad SMARTS) is 1. The maximum absolute atomic E-state index is 13.3. The molecule has 1 heterocycles. The Morgan fingerprint density at radius 1 is 1.24 bits per heavy atom. The lowest BCUT2D eigenvalue weighted by molar-refractivity contribution is -0.150. The van der Waals surface area contributed by atoms with E-state index in [1.807, 2.05) is 0 Å². The summed E-state index contributed by atoms with van der Waals surface area (Å²) in [5.74, 6) is -1.57. The van der Waals surface area contributed by atoms with Crippen molar-refractivity contribution in [2.75, 3.05) is 6.54 Å². The summed E-state index contributed by atoms with van der Waals surface area (Å²) in [6, 6.07) is 5.89. The van der Waals surface area contributed by atoms with E-state index in [9.17, 15) is 19.1 Å². The number of aliphatic carboxylic acids is 1. The van der Waals surface area contributed by atoms with Crippen LogP contribution in [0.1, 0.15) is 48.2 Å². The second-order valence-electron chi connectivity index (χ2n) is 6.79. The normalized spacial score (nSPS) is 16.6. The Kier molecular flexibility index (Phi) is 4.70. The Hall–Kier alpha value is -2.50. The molecule has 2 aromatic rings. The van der Waals surface area contributed by atoms with E-state index in [0.29, 0.717) is 35.0 Å². The van der Waals surface area contributed by atoms with Gasteiger partial charge in [-0.05, 0) is 38.0 Å². The summed E-state index contributed by atoms with van der Waals surface area (Å²) in [5, 5.41) is 13.0. The van der Waals surface area contributed by atoms with Gasteiger partial charge in [0, 0.05) is 18.0 Å². The quantitative estimate of drug-likeness (QED) is 0.890. The Bertz CT molecular complexity index is 829. The number of amides is 1. The summed E-state index contributed by atoms with van der Waals surface area (Å²) in [5.41, 5.74) is 0.484. The SMILES string of the molecule is Cc1nc2cc(F)ccc2cc1C(=O)NCC1(C(=O)O)CCCCC1. The number of carbonyl (C=O) groups excluding carboxylic acids is 1. The van der Waals surface area contributed by atoms with Gasteiger partial charge in [-0.2, -0.15) is 0 Å². The largest absolute Gasteiger partial charge is 0.481 e. The fraction of sp³-hybridized carbons (Fsp3) is 0.421. The van der Waals surface area contributed by atoms with Crippen LogP contribution in [0.5, 0.6) is 0 Å². The first-order valence-corrected chi connectivity index (χ1v) is 8.50. The van der Waals surface area contributed by atoms with Crippen molar-refractivity contribution >= 4 is 22.8 Å². The molecule has 1 fully saturated rings. The van der Waals surface area contributed by atoms with Gasteiger partial charge in [0.15, 0.2) is 0 Å². The van der Waals surface area contributed by atoms with Crippen molar-refractivity contribution in [3.8, 4) is 0 Å². The molecule has 1 aliphatic carbocycles. The lowest BCUT2D eigenvalue weighted by Crippen LogP contribution is -2.44. The third-order valence-electron chi connectivity index (χ3n) is 5.07. The Labute approximate surface area is 145 Å². The molecule has 1 aromatic carbocycles. The summed E-state index contributed by atoms with van der Waals surface area (Å²) in [4.78, 5) is 28.6. The number of nitrogens with one attached hydrogen (secondary N) is 1. The van der Waals surface area contributed by atoms with Crippen LogP contribution in [0.15, 0.2) is 24.3 Å². The van der Waals surface area contributed by atoms with Crippen LogP contribution in [0.3, 0.4) is 0 Å². The smallest absolute Gasteiger partial charge is 0.311 e. The number of aryl methyl sites for hydroxylation is 1. The molecular weight excluding hydrogens is 323 g/mol. The molecule has 0 radical (unpaired) electrons. The van der Waals surface area contributed by atoms with Crippen molar-refractivity contribution in [2.24, 2.45) is 5.41 Å². The molecule has 1 saturated carbocycles. The minimum Gasteiger partial charge on any atom is -0.481 e. The molecule has 0 unspecified atom stereocenters. The molecule has 1 aliphatic rings. The van der Waals surface area contributed by atoms with Crippen LogP contribution >= 0.6 is 0 Å². The molecular formula is C19H21FN2O3. The summed E-state index contributed by atoms with van der Waals surface area (Å²) in [7, 11) is 0. The maximum Gasteiger partial charge on any atom is 0.311 e. The highest BCUT2D eigenvalue weighted by Crippen LogP contribution is 2.36. The third kappa shape index (κ3) is 3.48. The lowest BCUT2D eigenvalue weighted by atomic mass is 9.74. The Balaban J connectivity index is 1.81. The predicted molar refractivity (Wildman–Crippen MR) is 91.9 cm³/mol. The van der Waals surface area contributed by atoms with Gasteiger partial charge in [-0.25, -0.2) is 4.39 Å². The molecule has 3 rings (SSSR count). The van der Waals surface area contributed by atoms with Crippen LogP contribution in [-0.4, -0.2) is 28.5 Å². The number of fused-ring (bicyclic) bond motifs is 1. The number of aromatic nitrogens is 1. The summed E-state index contributed by atoms with van der Waals surface area (Å²) >= 11 is 0. The highest BCUT2D eigenvalue weighted by atomic mass is 19.1. The predicted octanol–water partition coefficient (Wildman–Crippen LogP) is 3.45. The molecule has 1 amide bonds. The maximum atomic E-state index is 13.3. The van der Waals surface area contributed by atoms with E-state index in [1.165, 1.54) is 12.1 Å². The van der Waals surface area contributed by atoms with Crippen molar-refractivity contribution in [2.45, 2.75) is 39.0 Å². The molecule has 6 heteroatoms. The number of carboxylic acids is 1. The number of halogens is 1. The van der Waals surface area contributed by atoms with E-state index in [2.05, 4.69) is 10.3 Å².